The Bertz CT molecular complexity index is 616. The van der Waals surface area contributed by atoms with Crippen LogP contribution in [0.1, 0.15) is 25.3 Å². The van der Waals surface area contributed by atoms with Gasteiger partial charge in [-0.15, -0.1) is 0 Å². The predicted octanol–water partition coefficient (Wildman–Crippen LogP) is 2.15. The van der Waals surface area contributed by atoms with Crippen LogP contribution in [0.2, 0.25) is 5.02 Å². The average molecular weight is 319 g/mol. The van der Waals surface area contributed by atoms with Crippen LogP contribution in [-0.4, -0.2) is 30.3 Å². The monoisotopic (exact) mass is 318 g/mol. The SMILES string of the molecule is CC1CCCN1S(=O)(=O)c1cc(C(N)=S)ccc1Cl. The van der Waals surface area contributed by atoms with Crippen LogP contribution in [0, 0.1) is 0 Å². The summed E-state index contributed by atoms with van der Waals surface area (Å²) in [6.45, 7) is 2.42. The molecule has 1 aromatic rings. The molecule has 1 aromatic carbocycles. The van der Waals surface area contributed by atoms with Crippen molar-refractivity contribution in [2.45, 2.75) is 30.7 Å². The molecular formula is C12H15ClN2O2S2. The third kappa shape index (κ3) is 2.76. The molecule has 1 fully saturated rings. The standard InChI is InChI=1S/C12H15ClN2O2S2/c1-8-3-2-6-15(8)19(16,17)11-7-9(12(14)18)4-5-10(11)13/h4-5,7-8H,2-3,6H2,1H3,(H2,14,18). The molecule has 0 saturated carbocycles. The van der Waals surface area contributed by atoms with Crippen molar-refractivity contribution in [1.29, 1.82) is 0 Å². The zero-order valence-electron chi connectivity index (χ0n) is 10.5. The Morgan fingerprint density at radius 2 is 2.21 bits per heavy atom. The Labute approximate surface area is 123 Å². The second-order valence-electron chi connectivity index (χ2n) is 4.62. The largest absolute Gasteiger partial charge is 0.389 e. The fraction of sp³-hybridized carbons (Fsp3) is 0.417. The van der Waals surface area contributed by atoms with Crippen molar-refractivity contribution in [1.82, 2.24) is 4.31 Å². The predicted molar refractivity (Wildman–Crippen MR) is 79.9 cm³/mol. The summed E-state index contributed by atoms with van der Waals surface area (Å²) in [6.07, 6.45) is 1.73. The van der Waals surface area contributed by atoms with E-state index in [2.05, 4.69) is 0 Å². The molecule has 104 valence electrons. The van der Waals surface area contributed by atoms with Gasteiger partial charge in [0.05, 0.1) is 5.02 Å². The average Bonchev–Trinajstić information content (AvgIpc) is 2.76. The molecular weight excluding hydrogens is 304 g/mol. The number of rotatable bonds is 3. The first-order valence-electron chi connectivity index (χ1n) is 5.95. The van der Waals surface area contributed by atoms with Gasteiger partial charge in [-0.1, -0.05) is 29.9 Å². The Morgan fingerprint density at radius 3 is 2.74 bits per heavy atom. The minimum absolute atomic E-state index is 0.00505. The Hall–Kier alpha value is -0.690. The minimum atomic E-state index is -3.59. The molecule has 1 aliphatic rings. The van der Waals surface area contributed by atoms with Gasteiger partial charge in [-0.2, -0.15) is 4.31 Å². The lowest BCUT2D eigenvalue weighted by Gasteiger charge is -2.21. The summed E-state index contributed by atoms with van der Waals surface area (Å²) in [4.78, 5) is 0.232. The van der Waals surface area contributed by atoms with Crippen LogP contribution < -0.4 is 5.73 Å². The number of sulfonamides is 1. The van der Waals surface area contributed by atoms with E-state index >= 15 is 0 Å². The maximum atomic E-state index is 12.6. The molecule has 1 saturated heterocycles. The van der Waals surface area contributed by atoms with Crippen molar-refractivity contribution in [2.24, 2.45) is 5.73 Å². The molecule has 0 amide bonds. The van der Waals surface area contributed by atoms with Crippen molar-refractivity contribution in [3.63, 3.8) is 0 Å². The number of nitrogens with two attached hydrogens (primary N) is 1. The quantitative estimate of drug-likeness (QED) is 0.867. The van der Waals surface area contributed by atoms with Gasteiger partial charge in [-0.05, 0) is 31.9 Å². The molecule has 7 heteroatoms. The van der Waals surface area contributed by atoms with Crippen molar-refractivity contribution in [3.05, 3.63) is 28.8 Å². The van der Waals surface area contributed by atoms with E-state index in [0.717, 1.165) is 12.8 Å². The van der Waals surface area contributed by atoms with Crippen molar-refractivity contribution in [3.8, 4) is 0 Å². The van der Waals surface area contributed by atoms with Gasteiger partial charge >= 0.3 is 0 Å². The molecule has 0 aliphatic carbocycles. The lowest BCUT2D eigenvalue weighted by atomic mass is 10.2. The highest BCUT2D eigenvalue weighted by atomic mass is 35.5. The highest BCUT2D eigenvalue weighted by Crippen LogP contribution is 2.30. The van der Waals surface area contributed by atoms with Gasteiger partial charge in [0.15, 0.2) is 0 Å². The van der Waals surface area contributed by atoms with E-state index < -0.39 is 10.0 Å². The first-order valence-corrected chi connectivity index (χ1v) is 8.18. The van der Waals surface area contributed by atoms with E-state index in [1.807, 2.05) is 6.92 Å². The van der Waals surface area contributed by atoms with Crippen LogP contribution in [0.4, 0.5) is 0 Å². The van der Waals surface area contributed by atoms with Gasteiger partial charge in [-0.25, -0.2) is 8.42 Å². The molecule has 0 radical (unpaired) electrons. The lowest BCUT2D eigenvalue weighted by Crippen LogP contribution is -2.34. The van der Waals surface area contributed by atoms with Gasteiger partial charge in [0.2, 0.25) is 10.0 Å². The first kappa shape index (κ1) is 14.7. The molecule has 1 unspecified atom stereocenters. The highest BCUT2D eigenvalue weighted by molar-refractivity contribution is 7.89. The topological polar surface area (TPSA) is 63.4 Å². The van der Waals surface area contributed by atoms with E-state index in [9.17, 15) is 8.42 Å². The highest BCUT2D eigenvalue weighted by Gasteiger charge is 2.34. The molecule has 2 rings (SSSR count). The number of hydrogen-bond donors (Lipinski definition) is 1. The van der Waals surface area contributed by atoms with Crippen molar-refractivity contribution < 1.29 is 8.42 Å². The van der Waals surface area contributed by atoms with Crippen LogP contribution in [0.25, 0.3) is 0 Å². The van der Waals surface area contributed by atoms with E-state index in [1.165, 1.54) is 16.4 Å². The van der Waals surface area contributed by atoms with Crippen molar-refractivity contribution >= 4 is 38.8 Å². The van der Waals surface area contributed by atoms with E-state index in [-0.39, 0.29) is 20.9 Å². The molecule has 1 aliphatic heterocycles. The summed E-state index contributed by atoms with van der Waals surface area (Å²) in [5.41, 5.74) is 6.04. The summed E-state index contributed by atoms with van der Waals surface area (Å²) in [5.74, 6) is 0. The van der Waals surface area contributed by atoms with Gasteiger partial charge in [-0.3, -0.25) is 0 Å². The zero-order valence-corrected chi connectivity index (χ0v) is 12.9. The Balaban J connectivity index is 2.51. The third-order valence-corrected chi connectivity index (χ3v) is 6.03. The summed E-state index contributed by atoms with van der Waals surface area (Å²) in [6, 6.07) is 4.58. The lowest BCUT2D eigenvalue weighted by molar-refractivity contribution is 0.408. The van der Waals surface area contributed by atoms with E-state index in [4.69, 9.17) is 29.6 Å². The molecule has 19 heavy (non-hydrogen) atoms. The Kier molecular flexibility index (Phi) is 4.15. The summed E-state index contributed by atoms with van der Waals surface area (Å²) < 4.78 is 26.7. The molecule has 0 spiro atoms. The van der Waals surface area contributed by atoms with Gasteiger partial charge < -0.3 is 5.73 Å². The van der Waals surface area contributed by atoms with Gasteiger partial charge in [0, 0.05) is 18.2 Å². The zero-order chi connectivity index (χ0) is 14.2. The molecule has 4 nitrogen and oxygen atoms in total. The number of benzene rings is 1. The van der Waals surface area contributed by atoms with Gasteiger partial charge in [0.1, 0.15) is 9.88 Å². The fourth-order valence-corrected chi connectivity index (χ4v) is 4.57. The normalized spacial score (nSPS) is 20.6. The summed E-state index contributed by atoms with van der Waals surface area (Å²) >= 11 is 10.9. The second kappa shape index (κ2) is 5.36. The number of nitrogens with zero attached hydrogens (tertiary/aromatic N) is 1. The molecule has 1 heterocycles. The Morgan fingerprint density at radius 1 is 1.53 bits per heavy atom. The minimum Gasteiger partial charge on any atom is -0.389 e. The summed E-state index contributed by atoms with van der Waals surface area (Å²) in [5, 5.41) is 0.194. The smallest absolute Gasteiger partial charge is 0.244 e. The fourth-order valence-electron chi connectivity index (χ4n) is 2.24. The van der Waals surface area contributed by atoms with Crippen LogP contribution in [0.5, 0.6) is 0 Å². The van der Waals surface area contributed by atoms with Crippen molar-refractivity contribution in [2.75, 3.05) is 6.54 Å². The van der Waals surface area contributed by atoms with Crippen LogP contribution in [0.15, 0.2) is 23.1 Å². The molecule has 2 N–H and O–H groups in total. The van der Waals surface area contributed by atoms with E-state index in [1.54, 1.807) is 6.07 Å². The third-order valence-electron chi connectivity index (χ3n) is 3.29. The number of hydrogen-bond acceptors (Lipinski definition) is 3. The molecule has 0 bridgehead atoms. The second-order valence-corrected chi connectivity index (χ2v) is 7.32. The first-order chi connectivity index (χ1) is 8.84. The van der Waals surface area contributed by atoms with E-state index in [0.29, 0.717) is 12.1 Å². The van der Waals surface area contributed by atoms with Crippen LogP contribution in [0.3, 0.4) is 0 Å². The maximum Gasteiger partial charge on any atom is 0.244 e. The van der Waals surface area contributed by atoms with Gasteiger partial charge in [0.25, 0.3) is 0 Å². The van der Waals surface area contributed by atoms with Crippen LogP contribution >= 0.6 is 23.8 Å². The molecule has 1 atom stereocenters. The number of thiocarbonyl (C=S) groups is 1. The van der Waals surface area contributed by atoms with Crippen LogP contribution in [-0.2, 0) is 10.0 Å². The summed E-state index contributed by atoms with van der Waals surface area (Å²) in [7, 11) is -3.59. The number of halogens is 1. The maximum absolute atomic E-state index is 12.6. The molecule has 0 aromatic heterocycles.